The first-order valence-electron chi connectivity index (χ1n) is 10.3. The monoisotopic (exact) mass is 410 g/mol. The average Bonchev–Trinajstić information content (AvgIpc) is 3.37. The smallest absolute Gasteiger partial charge is 0.410 e. The molecule has 4 aromatic rings. The molecular formula is C26H22N2O3. The number of aromatic nitrogens is 1. The molecule has 1 saturated heterocycles. The predicted molar refractivity (Wildman–Crippen MR) is 118 cm³/mol. The summed E-state index contributed by atoms with van der Waals surface area (Å²) < 4.78 is 11.4. The molecule has 0 radical (unpaired) electrons. The van der Waals surface area contributed by atoms with Crippen LogP contribution >= 0.6 is 0 Å². The minimum Gasteiger partial charge on any atom is -0.439 e. The number of hydrogen-bond acceptors (Lipinski definition) is 4. The zero-order valence-electron chi connectivity index (χ0n) is 17.2. The molecule has 5 rings (SSSR count). The van der Waals surface area contributed by atoms with Gasteiger partial charge in [0.2, 0.25) is 0 Å². The second-order valence-electron chi connectivity index (χ2n) is 7.69. The van der Waals surface area contributed by atoms with E-state index in [0.29, 0.717) is 18.8 Å². The van der Waals surface area contributed by atoms with Gasteiger partial charge in [-0.05, 0) is 23.6 Å². The molecule has 2 heterocycles. The van der Waals surface area contributed by atoms with Crippen molar-refractivity contribution in [2.75, 3.05) is 6.54 Å². The van der Waals surface area contributed by atoms with E-state index in [1.165, 1.54) is 0 Å². The molecule has 5 nitrogen and oxygen atoms in total. The van der Waals surface area contributed by atoms with Gasteiger partial charge in [0.1, 0.15) is 0 Å². The van der Waals surface area contributed by atoms with Crippen molar-refractivity contribution in [1.82, 2.24) is 10.1 Å². The van der Waals surface area contributed by atoms with E-state index in [9.17, 15) is 4.79 Å². The zero-order chi connectivity index (χ0) is 21.2. The van der Waals surface area contributed by atoms with Gasteiger partial charge in [0, 0.05) is 12.1 Å². The summed E-state index contributed by atoms with van der Waals surface area (Å²) >= 11 is 0. The van der Waals surface area contributed by atoms with Crippen LogP contribution in [-0.4, -0.2) is 22.7 Å². The van der Waals surface area contributed by atoms with Gasteiger partial charge >= 0.3 is 6.09 Å². The summed E-state index contributed by atoms with van der Waals surface area (Å²) in [5.41, 5.74) is 5.83. The molecule has 5 heteroatoms. The summed E-state index contributed by atoms with van der Waals surface area (Å²) in [6, 6.07) is 28.3. The van der Waals surface area contributed by atoms with Crippen LogP contribution in [0.1, 0.15) is 22.9 Å². The van der Waals surface area contributed by atoms with Crippen molar-refractivity contribution in [3.05, 3.63) is 102 Å². The number of benzene rings is 3. The normalized spacial score (nSPS) is 15.8. The Bertz CT molecular complexity index is 1180. The number of nitrogens with zero attached hydrogens (tertiary/aromatic N) is 2. The number of cyclic esters (lactones) is 1. The van der Waals surface area contributed by atoms with Gasteiger partial charge in [0.25, 0.3) is 0 Å². The molecular weight excluding hydrogens is 388 g/mol. The highest BCUT2D eigenvalue weighted by Gasteiger charge is 2.36. The van der Waals surface area contributed by atoms with Crippen LogP contribution in [0, 0.1) is 6.92 Å². The molecule has 1 aliphatic rings. The highest BCUT2D eigenvalue weighted by Crippen LogP contribution is 2.37. The van der Waals surface area contributed by atoms with Gasteiger partial charge in [0.15, 0.2) is 11.9 Å². The fourth-order valence-electron chi connectivity index (χ4n) is 4.00. The Morgan fingerprint density at radius 3 is 2.19 bits per heavy atom. The highest BCUT2D eigenvalue weighted by atomic mass is 16.6. The molecule has 1 atom stereocenters. The summed E-state index contributed by atoms with van der Waals surface area (Å²) in [4.78, 5) is 14.2. The van der Waals surface area contributed by atoms with Crippen LogP contribution in [0.4, 0.5) is 4.79 Å². The van der Waals surface area contributed by atoms with E-state index in [1.54, 1.807) is 4.90 Å². The third kappa shape index (κ3) is 3.82. The molecule has 1 amide bonds. The maximum Gasteiger partial charge on any atom is 0.410 e. The van der Waals surface area contributed by atoms with E-state index in [1.807, 2.05) is 67.6 Å². The van der Waals surface area contributed by atoms with E-state index < -0.39 is 6.10 Å². The second-order valence-corrected chi connectivity index (χ2v) is 7.69. The summed E-state index contributed by atoms with van der Waals surface area (Å²) in [5, 5.41) is 4.17. The Morgan fingerprint density at radius 2 is 1.48 bits per heavy atom. The average molecular weight is 410 g/mol. The second kappa shape index (κ2) is 8.11. The van der Waals surface area contributed by atoms with Gasteiger partial charge in [-0.2, -0.15) is 0 Å². The number of carbonyl (C=O) groups is 1. The van der Waals surface area contributed by atoms with Gasteiger partial charge < -0.3 is 9.26 Å². The highest BCUT2D eigenvalue weighted by molar-refractivity contribution is 5.73. The van der Waals surface area contributed by atoms with Gasteiger partial charge in [-0.1, -0.05) is 90.1 Å². The van der Waals surface area contributed by atoms with E-state index in [-0.39, 0.29) is 6.09 Å². The molecule has 1 fully saturated rings. The molecule has 0 bridgehead atoms. The molecule has 31 heavy (non-hydrogen) atoms. The van der Waals surface area contributed by atoms with Gasteiger partial charge in [-0.3, -0.25) is 4.90 Å². The van der Waals surface area contributed by atoms with E-state index >= 15 is 0 Å². The number of carbonyl (C=O) groups excluding carboxylic acids is 1. The molecule has 0 aliphatic carbocycles. The van der Waals surface area contributed by atoms with Crippen LogP contribution in [-0.2, 0) is 11.3 Å². The number of ether oxygens (including phenoxy) is 1. The number of hydrogen-bond donors (Lipinski definition) is 0. The van der Waals surface area contributed by atoms with E-state index in [2.05, 4.69) is 29.4 Å². The molecule has 0 saturated carbocycles. The third-order valence-corrected chi connectivity index (χ3v) is 5.59. The Balaban J connectivity index is 1.39. The molecule has 1 aromatic heterocycles. The lowest BCUT2D eigenvalue weighted by Crippen LogP contribution is -2.23. The van der Waals surface area contributed by atoms with Gasteiger partial charge in [-0.25, -0.2) is 4.79 Å². The van der Waals surface area contributed by atoms with E-state index in [0.717, 1.165) is 33.5 Å². The van der Waals surface area contributed by atoms with E-state index in [4.69, 9.17) is 9.26 Å². The van der Waals surface area contributed by atoms with Crippen LogP contribution in [0.15, 0.2) is 89.5 Å². The topological polar surface area (TPSA) is 55.6 Å². The first-order chi connectivity index (χ1) is 15.2. The minimum atomic E-state index is -0.411. The fraction of sp³-hybridized carbons (Fsp3) is 0.154. The molecule has 0 spiro atoms. The fourth-order valence-corrected chi connectivity index (χ4v) is 4.00. The number of amides is 1. The number of aryl methyl sites for hydroxylation is 1. The Hall–Kier alpha value is -3.86. The standard InChI is InChI=1S/C26H22N2O3/c1-18-24(23-17-28(26(29)30-23)16-19-8-4-2-5-9-19)25(31-27-18)22-14-12-21(13-15-22)20-10-6-3-7-11-20/h2-15,23H,16-17H2,1H3. The Morgan fingerprint density at radius 1 is 0.871 bits per heavy atom. The SMILES string of the molecule is Cc1noc(-c2ccc(-c3ccccc3)cc2)c1C1CN(Cc2ccccc2)C(=O)O1. The van der Waals surface area contributed by atoms with Crippen LogP contribution < -0.4 is 0 Å². The Kier molecular flexibility index (Phi) is 5.00. The molecule has 1 aliphatic heterocycles. The number of rotatable bonds is 5. The summed E-state index contributed by atoms with van der Waals surface area (Å²) in [5.74, 6) is 0.650. The first-order valence-corrected chi connectivity index (χ1v) is 10.3. The first kappa shape index (κ1) is 19.1. The predicted octanol–water partition coefficient (Wildman–Crippen LogP) is 6.01. The van der Waals surface area contributed by atoms with Crippen molar-refractivity contribution < 1.29 is 14.1 Å². The lowest BCUT2D eigenvalue weighted by Gasteiger charge is -2.13. The maximum absolute atomic E-state index is 12.5. The van der Waals surface area contributed by atoms with Crippen LogP contribution in [0.3, 0.4) is 0 Å². The van der Waals surface area contributed by atoms with Crippen LogP contribution in [0.2, 0.25) is 0 Å². The van der Waals surface area contributed by atoms with Crippen molar-refractivity contribution in [2.45, 2.75) is 19.6 Å². The van der Waals surface area contributed by atoms with Gasteiger partial charge in [0.05, 0.1) is 17.8 Å². The van der Waals surface area contributed by atoms with Crippen molar-refractivity contribution in [2.24, 2.45) is 0 Å². The Labute approximate surface area is 180 Å². The van der Waals surface area contributed by atoms with Crippen molar-refractivity contribution in [1.29, 1.82) is 0 Å². The third-order valence-electron chi connectivity index (χ3n) is 5.59. The largest absolute Gasteiger partial charge is 0.439 e. The quantitative estimate of drug-likeness (QED) is 0.404. The van der Waals surface area contributed by atoms with Crippen molar-refractivity contribution in [3.63, 3.8) is 0 Å². The van der Waals surface area contributed by atoms with Crippen LogP contribution in [0.5, 0.6) is 0 Å². The summed E-state index contributed by atoms with van der Waals surface area (Å²) in [6.07, 6.45) is -0.730. The molecule has 0 N–H and O–H groups in total. The lowest BCUT2D eigenvalue weighted by molar-refractivity contribution is 0.132. The molecule has 3 aromatic carbocycles. The van der Waals surface area contributed by atoms with Crippen molar-refractivity contribution >= 4 is 6.09 Å². The van der Waals surface area contributed by atoms with Gasteiger partial charge in [-0.15, -0.1) is 0 Å². The molecule has 154 valence electrons. The lowest BCUT2D eigenvalue weighted by atomic mass is 9.99. The molecule has 1 unspecified atom stereocenters. The minimum absolute atomic E-state index is 0.320. The summed E-state index contributed by atoms with van der Waals surface area (Å²) in [6.45, 7) is 2.86. The van der Waals surface area contributed by atoms with Crippen molar-refractivity contribution in [3.8, 4) is 22.5 Å². The van der Waals surface area contributed by atoms with Crippen LogP contribution in [0.25, 0.3) is 22.5 Å². The summed E-state index contributed by atoms with van der Waals surface area (Å²) in [7, 11) is 0. The maximum atomic E-state index is 12.5. The zero-order valence-corrected chi connectivity index (χ0v) is 17.2.